The van der Waals surface area contributed by atoms with Gasteiger partial charge < -0.3 is 15.5 Å². The zero-order valence-electron chi connectivity index (χ0n) is 14.7. The average molecular weight is 354 g/mol. The third kappa shape index (κ3) is 4.71. The number of nitrogens with two attached hydrogens (primary N) is 1. The van der Waals surface area contributed by atoms with Crippen LogP contribution in [0.2, 0.25) is 0 Å². The Kier molecular flexibility index (Phi) is 7.70. The topological polar surface area (TPSA) is 66.6 Å². The summed E-state index contributed by atoms with van der Waals surface area (Å²) in [5, 5.41) is 0. The first-order chi connectivity index (χ1) is 10.9. The van der Waals surface area contributed by atoms with Gasteiger partial charge >= 0.3 is 0 Å². The normalized spacial score (nSPS) is 16.2. The second-order valence-electron chi connectivity index (χ2n) is 6.39. The number of hydrogen-bond donors (Lipinski definition) is 1. The Labute approximate surface area is 150 Å². The van der Waals surface area contributed by atoms with E-state index in [4.69, 9.17) is 5.73 Å². The van der Waals surface area contributed by atoms with E-state index >= 15 is 0 Å². The van der Waals surface area contributed by atoms with Crippen molar-refractivity contribution in [3.63, 3.8) is 0 Å². The zero-order chi connectivity index (χ0) is 17.0. The van der Waals surface area contributed by atoms with Crippen LogP contribution in [0.1, 0.15) is 47.4 Å². The molecule has 1 aromatic rings. The summed E-state index contributed by atoms with van der Waals surface area (Å²) in [7, 11) is 1.76. The summed E-state index contributed by atoms with van der Waals surface area (Å²) in [6.07, 6.45) is 1.89. The van der Waals surface area contributed by atoms with Crippen LogP contribution in [-0.2, 0) is 0 Å². The van der Waals surface area contributed by atoms with Crippen LogP contribution in [-0.4, -0.2) is 54.3 Å². The Bertz CT molecular complexity index is 569. The number of carbonyl (C=O) groups is 2. The molecular formula is C18H28ClN3O2. The van der Waals surface area contributed by atoms with Gasteiger partial charge in [0, 0.05) is 43.9 Å². The van der Waals surface area contributed by atoms with Gasteiger partial charge in [-0.2, -0.15) is 0 Å². The summed E-state index contributed by atoms with van der Waals surface area (Å²) >= 11 is 0. The lowest BCUT2D eigenvalue weighted by molar-refractivity contribution is 0.0681. The molecule has 0 aromatic heterocycles. The standard InChI is InChI=1S/C18H27N3O2.ClH/c1-4-20(3)17(22)15-6-5-7-16(12-15)18(23)21-10-8-14(9-11-21)13(2)19;/h5-7,12-14H,4,8-11,19H2,1-3H3;1H. The van der Waals surface area contributed by atoms with Crippen molar-refractivity contribution in [1.82, 2.24) is 9.80 Å². The molecule has 1 heterocycles. The van der Waals surface area contributed by atoms with E-state index in [2.05, 4.69) is 0 Å². The molecule has 2 N–H and O–H groups in total. The highest BCUT2D eigenvalue weighted by Gasteiger charge is 2.25. The highest BCUT2D eigenvalue weighted by atomic mass is 35.5. The average Bonchev–Trinajstić information content (AvgIpc) is 2.59. The molecule has 0 saturated carbocycles. The van der Waals surface area contributed by atoms with Gasteiger partial charge in [-0.1, -0.05) is 6.07 Å². The van der Waals surface area contributed by atoms with Crippen LogP contribution in [0.25, 0.3) is 0 Å². The van der Waals surface area contributed by atoms with Crippen molar-refractivity contribution >= 4 is 24.2 Å². The van der Waals surface area contributed by atoms with Gasteiger partial charge in [0.25, 0.3) is 11.8 Å². The largest absolute Gasteiger partial charge is 0.342 e. The van der Waals surface area contributed by atoms with Gasteiger partial charge in [-0.15, -0.1) is 12.4 Å². The molecule has 24 heavy (non-hydrogen) atoms. The van der Waals surface area contributed by atoms with E-state index in [0.29, 0.717) is 23.6 Å². The molecule has 134 valence electrons. The van der Waals surface area contributed by atoms with Crippen molar-refractivity contribution in [2.75, 3.05) is 26.7 Å². The predicted molar refractivity (Wildman–Crippen MR) is 98.6 cm³/mol. The molecule has 2 rings (SSSR count). The minimum Gasteiger partial charge on any atom is -0.342 e. The number of halogens is 1. The van der Waals surface area contributed by atoms with Crippen LogP contribution in [0.15, 0.2) is 24.3 Å². The molecule has 6 heteroatoms. The molecule has 0 bridgehead atoms. The summed E-state index contributed by atoms with van der Waals surface area (Å²) in [5.74, 6) is 0.435. The maximum absolute atomic E-state index is 12.7. The number of amides is 2. The number of hydrogen-bond acceptors (Lipinski definition) is 3. The van der Waals surface area contributed by atoms with Gasteiger partial charge in [-0.05, 0) is 50.8 Å². The lowest BCUT2D eigenvalue weighted by Crippen LogP contribution is -2.42. The first-order valence-electron chi connectivity index (χ1n) is 8.34. The second-order valence-corrected chi connectivity index (χ2v) is 6.39. The number of carbonyl (C=O) groups excluding carboxylic acids is 2. The van der Waals surface area contributed by atoms with E-state index in [0.717, 1.165) is 25.9 Å². The van der Waals surface area contributed by atoms with Crippen molar-refractivity contribution in [2.45, 2.75) is 32.7 Å². The smallest absolute Gasteiger partial charge is 0.253 e. The molecule has 2 amide bonds. The van der Waals surface area contributed by atoms with Crippen LogP contribution in [0.4, 0.5) is 0 Å². The Morgan fingerprint density at radius 2 is 1.88 bits per heavy atom. The van der Waals surface area contributed by atoms with Crippen molar-refractivity contribution < 1.29 is 9.59 Å². The number of nitrogens with zero attached hydrogens (tertiary/aromatic N) is 2. The Balaban J connectivity index is 0.00000288. The highest BCUT2D eigenvalue weighted by Crippen LogP contribution is 2.21. The third-order valence-corrected chi connectivity index (χ3v) is 4.75. The first kappa shape index (κ1) is 20.5. The summed E-state index contributed by atoms with van der Waals surface area (Å²) < 4.78 is 0. The van der Waals surface area contributed by atoms with Gasteiger partial charge in [-0.3, -0.25) is 9.59 Å². The van der Waals surface area contributed by atoms with Crippen LogP contribution >= 0.6 is 12.4 Å². The van der Waals surface area contributed by atoms with Gasteiger partial charge in [0.2, 0.25) is 0 Å². The van der Waals surface area contributed by atoms with E-state index in [-0.39, 0.29) is 30.3 Å². The van der Waals surface area contributed by atoms with Crippen molar-refractivity contribution in [1.29, 1.82) is 0 Å². The zero-order valence-corrected chi connectivity index (χ0v) is 15.5. The molecule has 1 unspecified atom stereocenters. The van der Waals surface area contributed by atoms with E-state index in [1.165, 1.54) is 0 Å². The van der Waals surface area contributed by atoms with Gasteiger partial charge in [0.1, 0.15) is 0 Å². The summed E-state index contributed by atoms with van der Waals surface area (Å²) in [6.45, 7) is 6.06. The lowest BCUT2D eigenvalue weighted by Gasteiger charge is -2.33. The number of benzene rings is 1. The number of likely N-dealkylation sites (tertiary alicyclic amines) is 1. The monoisotopic (exact) mass is 353 g/mol. The van der Waals surface area contributed by atoms with Gasteiger partial charge in [0.05, 0.1) is 0 Å². The molecule has 1 atom stereocenters. The van der Waals surface area contributed by atoms with E-state index < -0.39 is 0 Å². The summed E-state index contributed by atoms with van der Waals surface area (Å²) in [5.41, 5.74) is 7.09. The lowest BCUT2D eigenvalue weighted by atomic mass is 9.90. The van der Waals surface area contributed by atoms with E-state index in [9.17, 15) is 9.59 Å². The predicted octanol–water partition coefficient (Wildman–Crippen LogP) is 2.40. The number of rotatable bonds is 4. The molecule has 1 aliphatic rings. The van der Waals surface area contributed by atoms with Crippen molar-refractivity contribution in [3.8, 4) is 0 Å². The van der Waals surface area contributed by atoms with Crippen molar-refractivity contribution in [2.24, 2.45) is 11.7 Å². The fourth-order valence-electron chi connectivity index (χ4n) is 2.96. The molecule has 0 radical (unpaired) electrons. The quantitative estimate of drug-likeness (QED) is 0.903. The molecule has 1 fully saturated rings. The fraction of sp³-hybridized carbons (Fsp3) is 0.556. The Morgan fingerprint density at radius 3 is 2.42 bits per heavy atom. The second kappa shape index (κ2) is 9.04. The minimum atomic E-state index is -0.0576. The van der Waals surface area contributed by atoms with Gasteiger partial charge in [-0.25, -0.2) is 0 Å². The summed E-state index contributed by atoms with van der Waals surface area (Å²) in [4.78, 5) is 28.4. The Morgan fingerprint density at radius 1 is 1.29 bits per heavy atom. The van der Waals surface area contributed by atoms with Crippen LogP contribution in [0.3, 0.4) is 0 Å². The first-order valence-corrected chi connectivity index (χ1v) is 8.34. The molecular weight excluding hydrogens is 326 g/mol. The number of piperidine rings is 1. The SMILES string of the molecule is CCN(C)C(=O)c1cccc(C(=O)N2CCC(C(C)N)CC2)c1.Cl. The van der Waals surface area contributed by atoms with E-state index in [1.54, 1.807) is 36.2 Å². The summed E-state index contributed by atoms with van der Waals surface area (Å²) in [6, 6.07) is 7.20. The van der Waals surface area contributed by atoms with Crippen LogP contribution in [0, 0.1) is 5.92 Å². The van der Waals surface area contributed by atoms with Crippen molar-refractivity contribution in [3.05, 3.63) is 35.4 Å². The molecule has 1 aliphatic heterocycles. The molecule has 1 saturated heterocycles. The minimum absolute atomic E-state index is 0. The Hall–Kier alpha value is -1.59. The molecule has 1 aromatic carbocycles. The van der Waals surface area contributed by atoms with E-state index in [1.807, 2.05) is 18.7 Å². The van der Waals surface area contributed by atoms with Gasteiger partial charge in [0.15, 0.2) is 0 Å². The molecule has 0 spiro atoms. The van der Waals surface area contributed by atoms with Crippen LogP contribution in [0.5, 0.6) is 0 Å². The molecule has 5 nitrogen and oxygen atoms in total. The van der Waals surface area contributed by atoms with Crippen LogP contribution < -0.4 is 5.73 Å². The molecule has 0 aliphatic carbocycles. The maximum Gasteiger partial charge on any atom is 0.253 e. The highest BCUT2D eigenvalue weighted by molar-refractivity contribution is 5.99. The fourth-order valence-corrected chi connectivity index (χ4v) is 2.96. The maximum atomic E-state index is 12.7. The third-order valence-electron chi connectivity index (χ3n) is 4.75.